The molecule has 0 aromatic carbocycles. The number of thioether (sulfide) groups is 1. The molecule has 0 aromatic heterocycles. The molecule has 0 spiro atoms. The summed E-state index contributed by atoms with van der Waals surface area (Å²) in [5, 5.41) is 13.8. The van der Waals surface area contributed by atoms with Crippen molar-refractivity contribution < 1.29 is 5.11 Å². The Hall–Kier alpha value is 0.270. The fraction of sp³-hybridized carbons (Fsp3) is 1.00. The zero-order chi connectivity index (χ0) is 11.1. The third-order valence-corrected chi connectivity index (χ3v) is 4.55. The SMILES string of the molecule is CCCNC1CCCCC1SC(C)CO. The Kier molecular flexibility index (Phi) is 6.69. The van der Waals surface area contributed by atoms with E-state index in [1.165, 1.54) is 32.1 Å². The van der Waals surface area contributed by atoms with Crippen LogP contribution in [0.3, 0.4) is 0 Å². The Morgan fingerprint density at radius 1 is 1.40 bits per heavy atom. The Balaban J connectivity index is 2.35. The largest absolute Gasteiger partial charge is 0.395 e. The van der Waals surface area contributed by atoms with E-state index >= 15 is 0 Å². The van der Waals surface area contributed by atoms with Crippen molar-refractivity contribution in [3.8, 4) is 0 Å². The molecule has 1 rings (SSSR count). The molecular weight excluding hydrogens is 206 g/mol. The van der Waals surface area contributed by atoms with Crippen LogP contribution in [-0.2, 0) is 0 Å². The highest BCUT2D eigenvalue weighted by Crippen LogP contribution is 2.31. The highest BCUT2D eigenvalue weighted by atomic mass is 32.2. The minimum absolute atomic E-state index is 0.307. The van der Waals surface area contributed by atoms with Gasteiger partial charge in [-0.25, -0.2) is 0 Å². The molecule has 3 atom stereocenters. The van der Waals surface area contributed by atoms with Crippen LogP contribution in [0.5, 0.6) is 0 Å². The summed E-state index contributed by atoms with van der Waals surface area (Å²) in [5.41, 5.74) is 0. The van der Waals surface area contributed by atoms with Gasteiger partial charge in [0.05, 0.1) is 6.61 Å². The zero-order valence-corrected chi connectivity index (χ0v) is 10.9. The van der Waals surface area contributed by atoms with Crippen LogP contribution in [0.4, 0.5) is 0 Å². The molecule has 0 heterocycles. The first-order chi connectivity index (χ1) is 7.27. The lowest BCUT2D eigenvalue weighted by Gasteiger charge is -2.33. The fourth-order valence-corrected chi connectivity index (χ4v) is 3.57. The van der Waals surface area contributed by atoms with E-state index in [9.17, 15) is 0 Å². The minimum Gasteiger partial charge on any atom is -0.395 e. The molecule has 1 saturated carbocycles. The van der Waals surface area contributed by atoms with Crippen LogP contribution in [0, 0.1) is 0 Å². The van der Waals surface area contributed by atoms with Crippen molar-refractivity contribution >= 4 is 11.8 Å². The van der Waals surface area contributed by atoms with Gasteiger partial charge in [-0.2, -0.15) is 11.8 Å². The summed E-state index contributed by atoms with van der Waals surface area (Å²) in [7, 11) is 0. The minimum atomic E-state index is 0.307. The molecule has 90 valence electrons. The van der Waals surface area contributed by atoms with Gasteiger partial charge in [-0.15, -0.1) is 0 Å². The van der Waals surface area contributed by atoms with Gasteiger partial charge in [0, 0.05) is 16.5 Å². The molecular formula is C12H25NOS. The van der Waals surface area contributed by atoms with E-state index in [0.717, 1.165) is 6.54 Å². The second-order valence-electron chi connectivity index (χ2n) is 4.51. The summed E-state index contributed by atoms with van der Waals surface area (Å²) in [5.74, 6) is 0. The number of hydrogen-bond acceptors (Lipinski definition) is 3. The van der Waals surface area contributed by atoms with E-state index < -0.39 is 0 Å². The van der Waals surface area contributed by atoms with Crippen molar-refractivity contribution in [3.05, 3.63) is 0 Å². The lowest BCUT2D eigenvalue weighted by Crippen LogP contribution is -2.41. The van der Waals surface area contributed by atoms with Crippen molar-refractivity contribution in [2.24, 2.45) is 0 Å². The van der Waals surface area contributed by atoms with Gasteiger partial charge in [0.25, 0.3) is 0 Å². The predicted molar refractivity (Wildman–Crippen MR) is 68.5 cm³/mol. The van der Waals surface area contributed by atoms with Gasteiger partial charge in [0.1, 0.15) is 0 Å². The molecule has 1 aliphatic rings. The summed E-state index contributed by atoms with van der Waals surface area (Å²) >= 11 is 1.97. The molecule has 3 unspecified atom stereocenters. The molecule has 0 bridgehead atoms. The predicted octanol–water partition coefficient (Wildman–Crippen LogP) is 2.41. The molecule has 1 fully saturated rings. The number of aliphatic hydroxyl groups excluding tert-OH is 1. The molecule has 0 amide bonds. The molecule has 2 nitrogen and oxygen atoms in total. The second-order valence-corrected chi connectivity index (χ2v) is 6.20. The van der Waals surface area contributed by atoms with E-state index in [1.54, 1.807) is 0 Å². The Labute approximate surface area is 98.2 Å². The monoisotopic (exact) mass is 231 g/mol. The smallest absolute Gasteiger partial charge is 0.0547 e. The maximum atomic E-state index is 9.09. The third kappa shape index (κ3) is 4.75. The third-order valence-electron chi connectivity index (χ3n) is 3.02. The van der Waals surface area contributed by atoms with Crippen LogP contribution >= 0.6 is 11.8 Å². The van der Waals surface area contributed by atoms with Crippen LogP contribution in [0.1, 0.15) is 46.0 Å². The van der Waals surface area contributed by atoms with E-state index in [0.29, 0.717) is 23.1 Å². The van der Waals surface area contributed by atoms with Crippen LogP contribution < -0.4 is 5.32 Å². The Bertz CT molecular complexity index is 166. The van der Waals surface area contributed by atoms with E-state index in [1.807, 2.05) is 11.8 Å². The second kappa shape index (κ2) is 7.53. The first-order valence-electron chi connectivity index (χ1n) is 6.27. The van der Waals surface area contributed by atoms with Gasteiger partial charge in [-0.3, -0.25) is 0 Å². The van der Waals surface area contributed by atoms with Crippen LogP contribution in [-0.4, -0.2) is 34.8 Å². The topological polar surface area (TPSA) is 32.3 Å². The Morgan fingerprint density at radius 3 is 2.80 bits per heavy atom. The summed E-state index contributed by atoms with van der Waals surface area (Å²) in [6.07, 6.45) is 6.57. The molecule has 0 saturated heterocycles. The molecule has 2 N–H and O–H groups in total. The summed E-state index contributed by atoms with van der Waals surface area (Å²) < 4.78 is 0. The first kappa shape index (κ1) is 13.3. The van der Waals surface area contributed by atoms with Crippen molar-refractivity contribution in [2.75, 3.05) is 13.2 Å². The maximum Gasteiger partial charge on any atom is 0.0547 e. The van der Waals surface area contributed by atoms with E-state index in [4.69, 9.17) is 5.11 Å². The van der Waals surface area contributed by atoms with Crippen LogP contribution in [0.15, 0.2) is 0 Å². The quantitative estimate of drug-likeness (QED) is 0.736. The van der Waals surface area contributed by atoms with Gasteiger partial charge in [0.2, 0.25) is 0 Å². The van der Waals surface area contributed by atoms with E-state index in [2.05, 4.69) is 19.2 Å². The van der Waals surface area contributed by atoms with Crippen molar-refractivity contribution in [1.29, 1.82) is 0 Å². The highest BCUT2D eigenvalue weighted by molar-refractivity contribution is 8.00. The molecule has 3 heteroatoms. The van der Waals surface area contributed by atoms with Crippen molar-refractivity contribution in [1.82, 2.24) is 5.32 Å². The van der Waals surface area contributed by atoms with Gasteiger partial charge >= 0.3 is 0 Å². The average Bonchev–Trinajstić information content (AvgIpc) is 2.28. The van der Waals surface area contributed by atoms with Crippen LogP contribution in [0.25, 0.3) is 0 Å². The summed E-state index contributed by atoms with van der Waals surface area (Å²) in [6, 6.07) is 0.678. The molecule has 0 radical (unpaired) electrons. The normalized spacial score (nSPS) is 29.0. The first-order valence-corrected chi connectivity index (χ1v) is 7.22. The highest BCUT2D eigenvalue weighted by Gasteiger charge is 2.26. The molecule has 1 aliphatic carbocycles. The average molecular weight is 231 g/mol. The molecule has 0 aromatic rings. The van der Waals surface area contributed by atoms with Gasteiger partial charge in [0.15, 0.2) is 0 Å². The standard InChI is InChI=1S/C12H25NOS/c1-3-8-13-11-6-4-5-7-12(11)15-10(2)9-14/h10-14H,3-9H2,1-2H3. The van der Waals surface area contributed by atoms with Gasteiger partial charge in [-0.05, 0) is 25.8 Å². The Morgan fingerprint density at radius 2 is 2.13 bits per heavy atom. The number of aliphatic hydroxyl groups is 1. The summed E-state index contributed by atoms with van der Waals surface area (Å²) in [6.45, 7) is 5.78. The van der Waals surface area contributed by atoms with Crippen molar-refractivity contribution in [3.63, 3.8) is 0 Å². The zero-order valence-electron chi connectivity index (χ0n) is 10.0. The van der Waals surface area contributed by atoms with Crippen LogP contribution in [0.2, 0.25) is 0 Å². The molecule has 15 heavy (non-hydrogen) atoms. The van der Waals surface area contributed by atoms with Crippen molar-refractivity contribution in [2.45, 2.75) is 62.5 Å². The number of rotatable bonds is 6. The lowest BCUT2D eigenvalue weighted by molar-refractivity contribution is 0.298. The molecule has 0 aliphatic heterocycles. The fourth-order valence-electron chi connectivity index (χ4n) is 2.16. The van der Waals surface area contributed by atoms with Gasteiger partial charge < -0.3 is 10.4 Å². The van der Waals surface area contributed by atoms with Gasteiger partial charge in [-0.1, -0.05) is 26.7 Å². The summed E-state index contributed by atoms with van der Waals surface area (Å²) in [4.78, 5) is 0. The maximum absolute atomic E-state index is 9.09. The van der Waals surface area contributed by atoms with E-state index in [-0.39, 0.29) is 0 Å². The number of hydrogen-bond donors (Lipinski definition) is 2. The lowest BCUT2D eigenvalue weighted by atomic mass is 9.95. The number of nitrogens with one attached hydrogen (secondary N) is 1.